The van der Waals surface area contributed by atoms with Crippen molar-refractivity contribution < 1.29 is 0 Å². The van der Waals surface area contributed by atoms with E-state index >= 15 is 0 Å². The molecule has 0 aliphatic heterocycles. The van der Waals surface area contributed by atoms with Crippen LogP contribution in [0.3, 0.4) is 0 Å². The highest BCUT2D eigenvalue weighted by molar-refractivity contribution is 6.09. The quantitative estimate of drug-likeness (QED) is 0.141. The third-order valence-corrected chi connectivity index (χ3v) is 6.98. The van der Waals surface area contributed by atoms with Crippen LogP contribution >= 0.6 is 0 Å². The molecular weight excluding hydrogens is 464 g/mol. The van der Waals surface area contributed by atoms with E-state index in [1.807, 2.05) is 71.9 Å². The second kappa shape index (κ2) is 10.4. The summed E-state index contributed by atoms with van der Waals surface area (Å²) in [6.45, 7) is 2.73. The number of hydrogen-bond donors (Lipinski definition) is 1. The maximum Gasteiger partial charge on any atom is 0.120 e. The maximum absolute atomic E-state index is 6.70. The summed E-state index contributed by atoms with van der Waals surface area (Å²) in [6, 6.07) is 44.2. The van der Waals surface area contributed by atoms with E-state index in [1.54, 1.807) is 0 Å². The molecule has 6 rings (SSSR count). The Morgan fingerprint density at radius 2 is 1.39 bits per heavy atom. The van der Waals surface area contributed by atoms with Gasteiger partial charge in [-0.3, -0.25) is 5.01 Å². The van der Waals surface area contributed by atoms with Crippen molar-refractivity contribution in [2.24, 2.45) is 10.8 Å². The number of benzene rings is 5. The van der Waals surface area contributed by atoms with E-state index in [2.05, 4.69) is 78.2 Å². The number of fused-ring (bicyclic) bond motifs is 3. The number of rotatable bonds is 7. The Morgan fingerprint density at radius 3 is 2.16 bits per heavy atom. The lowest BCUT2D eigenvalue weighted by molar-refractivity contribution is 0.203. The first-order valence-corrected chi connectivity index (χ1v) is 12.9. The number of aryl methyl sites for hydroxylation is 1. The third kappa shape index (κ3) is 4.70. The van der Waals surface area contributed by atoms with E-state index in [0.29, 0.717) is 6.54 Å². The fraction of sp³-hybridized carbons (Fsp3) is 0.0882. The molecule has 2 N–H and O–H groups in total. The standard InChI is InChI=1S/C34H30N4/c1-25-16-21-33-31(22-25)30-14-8-9-15-32(30)38(33)29-19-17-27(18-20-29)24-37(34(35)28-12-6-3-7-13-28)36-23-26-10-4-2-5-11-26/h2-23,34H,24,35H2,1H3/b36-23+. The predicted molar refractivity (Wildman–Crippen MR) is 158 cm³/mol. The van der Waals surface area contributed by atoms with Crippen LogP contribution < -0.4 is 5.73 Å². The van der Waals surface area contributed by atoms with Gasteiger partial charge in [0, 0.05) is 16.5 Å². The van der Waals surface area contributed by atoms with Gasteiger partial charge in [0.2, 0.25) is 0 Å². The van der Waals surface area contributed by atoms with Crippen LogP contribution in [0.5, 0.6) is 0 Å². The first-order chi connectivity index (χ1) is 18.7. The Balaban J connectivity index is 1.34. The Hall–Kier alpha value is -4.67. The zero-order valence-corrected chi connectivity index (χ0v) is 21.4. The van der Waals surface area contributed by atoms with Crippen LogP contribution in [0.25, 0.3) is 27.5 Å². The van der Waals surface area contributed by atoms with E-state index in [4.69, 9.17) is 10.8 Å². The zero-order valence-electron chi connectivity index (χ0n) is 21.4. The smallest absolute Gasteiger partial charge is 0.120 e. The van der Waals surface area contributed by atoms with Crippen molar-refractivity contribution in [3.8, 4) is 5.69 Å². The Labute approximate surface area is 223 Å². The van der Waals surface area contributed by atoms with Crippen molar-refractivity contribution in [2.75, 3.05) is 0 Å². The molecule has 0 amide bonds. The number of hydrogen-bond acceptors (Lipinski definition) is 3. The molecule has 0 bridgehead atoms. The van der Waals surface area contributed by atoms with Gasteiger partial charge in [-0.05, 0) is 53.9 Å². The Morgan fingerprint density at radius 1 is 0.737 bits per heavy atom. The topological polar surface area (TPSA) is 46.5 Å². The fourth-order valence-electron chi connectivity index (χ4n) is 5.02. The van der Waals surface area contributed by atoms with E-state index in [-0.39, 0.29) is 6.17 Å². The van der Waals surface area contributed by atoms with Crippen molar-refractivity contribution in [2.45, 2.75) is 19.6 Å². The van der Waals surface area contributed by atoms with Gasteiger partial charge in [-0.25, -0.2) is 0 Å². The average molecular weight is 495 g/mol. The van der Waals surface area contributed by atoms with E-state index < -0.39 is 0 Å². The van der Waals surface area contributed by atoms with Crippen LogP contribution in [0.15, 0.2) is 132 Å². The zero-order chi connectivity index (χ0) is 25.9. The molecule has 5 aromatic carbocycles. The Kier molecular flexibility index (Phi) is 6.47. The molecule has 4 heteroatoms. The van der Waals surface area contributed by atoms with Gasteiger partial charge < -0.3 is 10.3 Å². The van der Waals surface area contributed by atoms with Gasteiger partial charge in [0.15, 0.2) is 0 Å². The summed E-state index contributed by atoms with van der Waals surface area (Å²) in [5.74, 6) is 0. The fourth-order valence-corrected chi connectivity index (χ4v) is 5.02. The average Bonchev–Trinajstić information content (AvgIpc) is 3.30. The minimum Gasteiger partial charge on any atom is -0.309 e. The first-order valence-electron chi connectivity index (χ1n) is 12.9. The van der Waals surface area contributed by atoms with Gasteiger partial charge in [0.1, 0.15) is 6.17 Å². The predicted octanol–water partition coefficient (Wildman–Crippen LogP) is 7.59. The molecule has 0 spiro atoms. The Bertz CT molecular complexity index is 1700. The molecule has 0 saturated carbocycles. The minimum absolute atomic E-state index is 0.364. The highest BCUT2D eigenvalue weighted by Gasteiger charge is 2.16. The summed E-state index contributed by atoms with van der Waals surface area (Å²) in [7, 11) is 0. The SMILES string of the molecule is Cc1ccc2c(c1)c1ccccc1n2-c1ccc(CN(/N=C/c2ccccc2)C(N)c2ccccc2)cc1. The summed E-state index contributed by atoms with van der Waals surface area (Å²) in [6.07, 6.45) is 1.51. The summed E-state index contributed by atoms with van der Waals surface area (Å²) in [5, 5.41) is 9.30. The second-order valence-corrected chi connectivity index (χ2v) is 9.65. The molecule has 1 aromatic heterocycles. The first kappa shape index (κ1) is 23.7. The van der Waals surface area contributed by atoms with E-state index in [1.165, 1.54) is 27.4 Å². The summed E-state index contributed by atoms with van der Waals surface area (Å²) < 4.78 is 2.34. The van der Waals surface area contributed by atoms with Gasteiger partial charge in [0.25, 0.3) is 0 Å². The molecule has 0 radical (unpaired) electrons. The van der Waals surface area contributed by atoms with Crippen molar-refractivity contribution in [1.29, 1.82) is 0 Å². The lowest BCUT2D eigenvalue weighted by atomic mass is 10.1. The van der Waals surface area contributed by atoms with Crippen LogP contribution in [-0.4, -0.2) is 15.8 Å². The van der Waals surface area contributed by atoms with Crippen LogP contribution in [0.4, 0.5) is 0 Å². The summed E-state index contributed by atoms with van der Waals surface area (Å²) in [5.41, 5.74) is 14.7. The van der Waals surface area contributed by atoms with E-state index in [0.717, 1.165) is 22.4 Å². The third-order valence-electron chi connectivity index (χ3n) is 6.98. The monoisotopic (exact) mass is 494 g/mol. The number of aromatic nitrogens is 1. The van der Waals surface area contributed by atoms with Crippen molar-refractivity contribution in [3.63, 3.8) is 0 Å². The number of nitrogens with zero attached hydrogens (tertiary/aromatic N) is 3. The lowest BCUT2D eigenvalue weighted by Crippen LogP contribution is -2.30. The molecule has 1 heterocycles. The summed E-state index contributed by atoms with van der Waals surface area (Å²) in [4.78, 5) is 0. The van der Waals surface area contributed by atoms with Crippen LogP contribution in [0.1, 0.15) is 28.4 Å². The van der Waals surface area contributed by atoms with Gasteiger partial charge >= 0.3 is 0 Å². The van der Waals surface area contributed by atoms with Gasteiger partial charge in [-0.2, -0.15) is 5.10 Å². The number of nitrogens with two attached hydrogens (primary N) is 1. The van der Waals surface area contributed by atoms with Crippen LogP contribution in [-0.2, 0) is 6.54 Å². The minimum atomic E-state index is -0.364. The molecule has 0 saturated heterocycles. The normalized spacial score (nSPS) is 12.4. The molecule has 1 atom stereocenters. The highest BCUT2D eigenvalue weighted by atomic mass is 15.5. The molecule has 38 heavy (non-hydrogen) atoms. The van der Waals surface area contributed by atoms with Crippen LogP contribution in [0, 0.1) is 6.92 Å². The molecule has 6 aromatic rings. The van der Waals surface area contributed by atoms with Crippen molar-refractivity contribution in [3.05, 3.63) is 150 Å². The molecule has 186 valence electrons. The largest absolute Gasteiger partial charge is 0.309 e. The molecule has 4 nitrogen and oxygen atoms in total. The van der Waals surface area contributed by atoms with Gasteiger partial charge in [0.05, 0.1) is 23.8 Å². The lowest BCUT2D eigenvalue weighted by Gasteiger charge is -2.26. The molecule has 1 unspecified atom stereocenters. The molecule has 0 aliphatic carbocycles. The number of hydrazone groups is 1. The van der Waals surface area contributed by atoms with E-state index in [9.17, 15) is 0 Å². The molecule has 0 aliphatic rings. The van der Waals surface area contributed by atoms with Gasteiger partial charge in [-0.1, -0.05) is 103 Å². The van der Waals surface area contributed by atoms with Crippen LogP contribution in [0.2, 0.25) is 0 Å². The number of para-hydroxylation sites is 1. The molecule has 0 fully saturated rings. The van der Waals surface area contributed by atoms with Gasteiger partial charge in [-0.15, -0.1) is 0 Å². The second-order valence-electron chi connectivity index (χ2n) is 9.65. The maximum atomic E-state index is 6.70. The molecular formula is C34H30N4. The van der Waals surface area contributed by atoms with Crippen molar-refractivity contribution >= 4 is 28.0 Å². The summed E-state index contributed by atoms with van der Waals surface area (Å²) >= 11 is 0. The highest BCUT2D eigenvalue weighted by Crippen LogP contribution is 2.32. The van der Waals surface area contributed by atoms with Crippen molar-refractivity contribution in [1.82, 2.24) is 9.58 Å².